The molecule has 0 radical (unpaired) electrons. The second-order valence-corrected chi connectivity index (χ2v) is 3.94. The lowest BCUT2D eigenvalue weighted by molar-refractivity contribution is -0.122. The lowest BCUT2D eigenvalue weighted by Gasteiger charge is -2.23. The second kappa shape index (κ2) is 5.41. The van der Waals surface area contributed by atoms with Gasteiger partial charge in [-0.2, -0.15) is 0 Å². The van der Waals surface area contributed by atoms with E-state index in [0.29, 0.717) is 25.2 Å². The first-order valence-corrected chi connectivity index (χ1v) is 5.55. The number of carbonyl (C=O) groups excluding carboxylic acids is 2. The van der Waals surface area contributed by atoms with Gasteiger partial charge in [-0.1, -0.05) is 0 Å². The van der Waals surface area contributed by atoms with Gasteiger partial charge in [-0.25, -0.2) is 15.8 Å². The van der Waals surface area contributed by atoms with E-state index in [0.717, 1.165) is 0 Å². The summed E-state index contributed by atoms with van der Waals surface area (Å²) in [5, 5.41) is 5.48. The summed E-state index contributed by atoms with van der Waals surface area (Å²) < 4.78 is 0. The highest BCUT2D eigenvalue weighted by Crippen LogP contribution is 2.04. The zero-order valence-corrected chi connectivity index (χ0v) is 9.64. The Kier molecular flexibility index (Phi) is 3.68. The molecule has 18 heavy (non-hydrogen) atoms. The summed E-state index contributed by atoms with van der Waals surface area (Å²) in [6.07, 6.45) is 3.77. The number of hydrazine groups is 1. The fraction of sp³-hybridized carbons (Fsp3) is 0.400. The third-order valence-corrected chi connectivity index (χ3v) is 2.63. The van der Waals surface area contributed by atoms with Gasteiger partial charge >= 0.3 is 0 Å². The van der Waals surface area contributed by atoms with Crippen molar-refractivity contribution >= 4 is 17.6 Å². The molecule has 1 unspecified atom stereocenters. The third kappa shape index (κ3) is 2.92. The zero-order valence-electron chi connectivity index (χ0n) is 9.64. The van der Waals surface area contributed by atoms with E-state index >= 15 is 0 Å². The molecule has 2 rings (SSSR count). The van der Waals surface area contributed by atoms with Crippen molar-refractivity contribution in [1.29, 1.82) is 0 Å². The molecule has 1 aromatic rings. The van der Waals surface area contributed by atoms with Crippen molar-refractivity contribution in [3.63, 3.8) is 0 Å². The van der Waals surface area contributed by atoms with Gasteiger partial charge in [0.05, 0.1) is 12.4 Å². The average molecular weight is 250 g/mol. The SMILES string of the molecule is NNc1cnc(C(=O)NC2CCC(=O)NC2)cn1. The number of hydrogen-bond donors (Lipinski definition) is 4. The monoisotopic (exact) mass is 250 g/mol. The number of amides is 2. The maximum absolute atomic E-state index is 11.8. The molecule has 0 aliphatic carbocycles. The number of nitrogen functional groups attached to an aromatic ring is 1. The van der Waals surface area contributed by atoms with E-state index in [-0.39, 0.29) is 23.6 Å². The number of nitrogens with two attached hydrogens (primary N) is 1. The molecule has 1 fully saturated rings. The molecule has 1 aliphatic heterocycles. The first-order valence-electron chi connectivity index (χ1n) is 5.55. The molecule has 5 N–H and O–H groups in total. The molecule has 0 spiro atoms. The van der Waals surface area contributed by atoms with E-state index < -0.39 is 0 Å². The molecule has 1 aliphatic rings. The predicted molar refractivity (Wildman–Crippen MR) is 63.3 cm³/mol. The van der Waals surface area contributed by atoms with Crippen LogP contribution in [0.15, 0.2) is 12.4 Å². The van der Waals surface area contributed by atoms with Crippen molar-refractivity contribution in [3.8, 4) is 0 Å². The average Bonchev–Trinajstić information content (AvgIpc) is 2.41. The minimum Gasteiger partial charge on any atom is -0.354 e. The normalized spacial score (nSPS) is 18.9. The van der Waals surface area contributed by atoms with Crippen LogP contribution in [0.3, 0.4) is 0 Å². The molecular formula is C10H14N6O2. The van der Waals surface area contributed by atoms with Crippen molar-refractivity contribution in [2.24, 2.45) is 5.84 Å². The van der Waals surface area contributed by atoms with Crippen LogP contribution in [0.1, 0.15) is 23.3 Å². The Bertz CT molecular complexity index is 436. The quantitative estimate of drug-likeness (QED) is 0.393. The Labute approximate surface area is 103 Å². The van der Waals surface area contributed by atoms with E-state index in [4.69, 9.17) is 5.84 Å². The lowest BCUT2D eigenvalue weighted by atomic mass is 10.1. The first kappa shape index (κ1) is 12.2. The first-order chi connectivity index (χ1) is 8.69. The van der Waals surface area contributed by atoms with Gasteiger partial charge in [-0.3, -0.25) is 9.59 Å². The van der Waals surface area contributed by atoms with E-state index in [2.05, 4.69) is 26.0 Å². The Balaban J connectivity index is 1.92. The Morgan fingerprint density at radius 1 is 1.44 bits per heavy atom. The minimum absolute atomic E-state index is 0.0127. The van der Waals surface area contributed by atoms with E-state index in [1.54, 1.807) is 0 Å². The topological polar surface area (TPSA) is 122 Å². The van der Waals surface area contributed by atoms with E-state index in [9.17, 15) is 9.59 Å². The number of nitrogens with zero attached hydrogens (tertiary/aromatic N) is 2. The molecular weight excluding hydrogens is 236 g/mol. The third-order valence-electron chi connectivity index (χ3n) is 2.63. The predicted octanol–water partition coefficient (Wildman–Crippen LogP) is -1.23. The number of rotatable bonds is 3. The van der Waals surface area contributed by atoms with Crippen LogP contribution in [0.2, 0.25) is 0 Å². The number of carbonyl (C=O) groups is 2. The van der Waals surface area contributed by atoms with E-state index in [1.807, 2.05) is 0 Å². The summed E-state index contributed by atoms with van der Waals surface area (Å²) in [7, 11) is 0. The van der Waals surface area contributed by atoms with Crippen LogP contribution in [0.4, 0.5) is 5.82 Å². The molecule has 0 bridgehead atoms. The summed E-state index contributed by atoms with van der Waals surface area (Å²) in [6, 6.07) is -0.0655. The van der Waals surface area contributed by atoms with Crippen LogP contribution < -0.4 is 21.9 Å². The van der Waals surface area contributed by atoms with Crippen LogP contribution in [0, 0.1) is 0 Å². The van der Waals surface area contributed by atoms with Gasteiger partial charge in [0.2, 0.25) is 5.91 Å². The van der Waals surface area contributed by atoms with Crippen molar-refractivity contribution in [1.82, 2.24) is 20.6 Å². The van der Waals surface area contributed by atoms with Gasteiger partial charge in [0.15, 0.2) is 5.82 Å². The molecule has 1 atom stereocenters. The molecule has 2 amide bonds. The minimum atomic E-state index is -0.313. The van der Waals surface area contributed by atoms with Gasteiger partial charge in [-0.15, -0.1) is 0 Å². The molecule has 8 nitrogen and oxygen atoms in total. The number of nitrogens with one attached hydrogen (secondary N) is 3. The highest BCUT2D eigenvalue weighted by atomic mass is 16.2. The van der Waals surface area contributed by atoms with Crippen LogP contribution in [-0.4, -0.2) is 34.4 Å². The van der Waals surface area contributed by atoms with Gasteiger partial charge in [0.25, 0.3) is 5.91 Å². The summed E-state index contributed by atoms with van der Waals surface area (Å²) in [5.74, 6) is 5.23. The highest BCUT2D eigenvalue weighted by molar-refractivity contribution is 5.92. The summed E-state index contributed by atoms with van der Waals surface area (Å²) in [4.78, 5) is 30.6. The molecule has 1 aromatic heterocycles. The van der Waals surface area contributed by atoms with Crippen molar-refractivity contribution < 1.29 is 9.59 Å². The number of aromatic nitrogens is 2. The molecule has 2 heterocycles. The molecule has 1 saturated heterocycles. The van der Waals surface area contributed by atoms with Crippen LogP contribution in [-0.2, 0) is 4.79 Å². The number of piperidine rings is 1. The summed E-state index contributed by atoms with van der Waals surface area (Å²) >= 11 is 0. The summed E-state index contributed by atoms with van der Waals surface area (Å²) in [5.41, 5.74) is 2.54. The van der Waals surface area contributed by atoms with Crippen molar-refractivity contribution in [2.45, 2.75) is 18.9 Å². The Hall–Kier alpha value is -2.22. The zero-order chi connectivity index (χ0) is 13.0. The van der Waals surface area contributed by atoms with Gasteiger partial charge < -0.3 is 16.1 Å². The lowest BCUT2D eigenvalue weighted by Crippen LogP contribution is -2.47. The van der Waals surface area contributed by atoms with Crippen molar-refractivity contribution in [2.75, 3.05) is 12.0 Å². The molecule has 8 heteroatoms. The second-order valence-electron chi connectivity index (χ2n) is 3.94. The molecule has 0 aromatic carbocycles. The molecule has 0 saturated carbocycles. The highest BCUT2D eigenvalue weighted by Gasteiger charge is 2.20. The summed E-state index contributed by atoms with van der Waals surface area (Å²) in [6.45, 7) is 0.445. The van der Waals surface area contributed by atoms with Gasteiger partial charge in [-0.05, 0) is 6.42 Å². The maximum Gasteiger partial charge on any atom is 0.271 e. The van der Waals surface area contributed by atoms with Crippen LogP contribution >= 0.6 is 0 Å². The fourth-order valence-electron chi connectivity index (χ4n) is 1.64. The standard InChI is InChI=1S/C10H14N6O2/c11-16-8-5-12-7(4-13-8)10(18)15-6-1-2-9(17)14-3-6/h4-6H,1-3,11H2,(H,13,16)(H,14,17)(H,15,18). The van der Waals surface area contributed by atoms with Gasteiger partial charge in [0, 0.05) is 19.0 Å². The fourth-order valence-corrected chi connectivity index (χ4v) is 1.64. The Morgan fingerprint density at radius 3 is 2.83 bits per heavy atom. The van der Waals surface area contributed by atoms with Crippen LogP contribution in [0.25, 0.3) is 0 Å². The Morgan fingerprint density at radius 2 is 2.28 bits per heavy atom. The number of anilines is 1. The maximum atomic E-state index is 11.8. The van der Waals surface area contributed by atoms with Crippen LogP contribution in [0.5, 0.6) is 0 Å². The van der Waals surface area contributed by atoms with Gasteiger partial charge in [0.1, 0.15) is 5.69 Å². The molecule has 96 valence electrons. The number of hydrogen-bond acceptors (Lipinski definition) is 6. The van der Waals surface area contributed by atoms with Crippen molar-refractivity contribution in [3.05, 3.63) is 18.1 Å². The smallest absolute Gasteiger partial charge is 0.271 e. The largest absolute Gasteiger partial charge is 0.354 e. The van der Waals surface area contributed by atoms with E-state index in [1.165, 1.54) is 12.4 Å².